The Morgan fingerprint density at radius 2 is 1.59 bits per heavy atom. The molecule has 0 spiro atoms. The van der Waals surface area contributed by atoms with Gasteiger partial charge in [-0.15, -0.1) is 0 Å². The summed E-state index contributed by atoms with van der Waals surface area (Å²) in [6.07, 6.45) is -0.409. The molecule has 1 fully saturated rings. The maximum atomic E-state index is 15.4. The van der Waals surface area contributed by atoms with E-state index in [2.05, 4.69) is 5.32 Å². The molecular formula is C42H50ClFN8O4. The van der Waals surface area contributed by atoms with Crippen LogP contribution in [0.5, 0.6) is 5.75 Å². The summed E-state index contributed by atoms with van der Waals surface area (Å²) in [6, 6.07) is 15.1. The molecule has 296 valence electrons. The van der Waals surface area contributed by atoms with Gasteiger partial charge in [-0.25, -0.2) is 33.5 Å². The van der Waals surface area contributed by atoms with Crippen molar-refractivity contribution < 1.29 is 18.7 Å². The van der Waals surface area contributed by atoms with Gasteiger partial charge in [0.25, 0.3) is 0 Å². The number of halogens is 2. The zero-order chi connectivity index (χ0) is 40.6. The average molecular weight is 785 g/mol. The minimum absolute atomic E-state index is 0.159. The number of pyridine rings is 1. The zero-order valence-electron chi connectivity index (χ0n) is 33.6. The van der Waals surface area contributed by atoms with Crippen molar-refractivity contribution in [3.05, 3.63) is 92.9 Å². The first-order chi connectivity index (χ1) is 26.5. The van der Waals surface area contributed by atoms with Gasteiger partial charge in [-0.1, -0.05) is 63.6 Å². The van der Waals surface area contributed by atoms with Crippen LogP contribution < -0.4 is 20.6 Å². The van der Waals surface area contributed by atoms with Crippen LogP contribution in [0.3, 0.4) is 0 Å². The lowest BCUT2D eigenvalue weighted by molar-refractivity contribution is 0.0130. The summed E-state index contributed by atoms with van der Waals surface area (Å²) in [5, 5.41) is 4.03. The van der Waals surface area contributed by atoms with E-state index in [0.29, 0.717) is 53.9 Å². The molecule has 3 aromatic heterocycles. The van der Waals surface area contributed by atoms with Gasteiger partial charge >= 0.3 is 11.8 Å². The number of amides is 1. The quantitative estimate of drug-likeness (QED) is 0.155. The van der Waals surface area contributed by atoms with Gasteiger partial charge < -0.3 is 24.6 Å². The second-order valence-electron chi connectivity index (χ2n) is 15.9. The van der Waals surface area contributed by atoms with Crippen LogP contribution in [0.2, 0.25) is 5.02 Å². The van der Waals surface area contributed by atoms with E-state index < -0.39 is 23.2 Å². The van der Waals surface area contributed by atoms with E-state index in [9.17, 15) is 9.59 Å². The van der Waals surface area contributed by atoms with Crippen molar-refractivity contribution in [1.29, 1.82) is 0 Å². The second kappa shape index (κ2) is 16.0. The van der Waals surface area contributed by atoms with E-state index in [1.807, 2.05) is 91.5 Å². The summed E-state index contributed by atoms with van der Waals surface area (Å²) < 4.78 is 27.8. The fraction of sp³-hybridized carbons (Fsp3) is 0.429. The summed E-state index contributed by atoms with van der Waals surface area (Å²) in [4.78, 5) is 51.3. The summed E-state index contributed by atoms with van der Waals surface area (Å²) in [6.45, 7) is 18.5. The van der Waals surface area contributed by atoms with Crippen molar-refractivity contribution in [3.8, 4) is 22.7 Å². The van der Waals surface area contributed by atoms with E-state index in [1.54, 1.807) is 36.3 Å². The number of nitrogens with zero attached hydrogens (tertiary/aromatic N) is 7. The van der Waals surface area contributed by atoms with Gasteiger partial charge in [-0.3, -0.25) is 0 Å². The van der Waals surface area contributed by atoms with Crippen molar-refractivity contribution in [2.24, 2.45) is 0 Å². The Balaban J connectivity index is 1.55. The standard InChI is InChI=1S/C42H50ClFN8O4/c1-23(2)33-36(34(24(3)4)48-39(47-33)45-20-27-15-17-28(55-10)18-16-27)52-38-30(19-31(43)35(46-38)29-13-11-12-14-32(29)44)37(49-40(52)53)50-21-26(6)51(22-25(50)5)41(54)56-42(7,8)9/h11-19,23-26H,20-22H2,1-10H3,(H,45,47,48)/t25-,26+/m0/s1. The molecule has 0 unspecified atom stereocenters. The molecule has 0 aliphatic carbocycles. The van der Waals surface area contributed by atoms with Crippen LogP contribution >= 0.6 is 11.6 Å². The predicted molar refractivity (Wildman–Crippen MR) is 219 cm³/mol. The minimum atomic E-state index is -0.657. The molecule has 0 saturated carbocycles. The molecule has 1 aliphatic rings. The van der Waals surface area contributed by atoms with Gasteiger partial charge in [0, 0.05) is 37.3 Å². The third-order valence-corrected chi connectivity index (χ3v) is 9.97. The third kappa shape index (κ3) is 8.28. The number of ether oxygens (including phenoxy) is 2. The molecule has 1 amide bonds. The first kappa shape index (κ1) is 40.4. The Hall–Kier alpha value is -5.30. The number of anilines is 2. The first-order valence-electron chi connectivity index (χ1n) is 18.9. The number of aromatic nitrogens is 5. The lowest BCUT2D eigenvalue weighted by Crippen LogP contribution is -2.59. The normalized spacial score (nSPS) is 16.2. The van der Waals surface area contributed by atoms with E-state index >= 15 is 4.39 Å². The molecule has 6 rings (SSSR count). The lowest BCUT2D eigenvalue weighted by atomic mass is 10.0. The molecule has 0 bridgehead atoms. The van der Waals surface area contributed by atoms with Crippen LogP contribution in [-0.2, 0) is 11.3 Å². The van der Waals surface area contributed by atoms with Gasteiger partial charge in [-0.2, -0.15) is 4.98 Å². The highest BCUT2D eigenvalue weighted by molar-refractivity contribution is 6.33. The van der Waals surface area contributed by atoms with E-state index in [0.717, 1.165) is 11.3 Å². The summed E-state index contributed by atoms with van der Waals surface area (Å²) in [7, 11) is 1.63. The maximum Gasteiger partial charge on any atom is 0.410 e. The molecule has 2 aromatic carbocycles. The van der Waals surface area contributed by atoms with Crippen LogP contribution in [0.25, 0.3) is 28.0 Å². The van der Waals surface area contributed by atoms with Gasteiger partial charge in [0.2, 0.25) is 5.95 Å². The van der Waals surface area contributed by atoms with Gasteiger partial charge in [0.15, 0.2) is 5.65 Å². The van der Waals surface area contributed by atoms with Gasteiger partial charge in [-0.05, 0) is 82.3 Å². The highest BCUT2D eigenvalue weighted by Crippen LogP contribution is 2.38. The minimum Gasteiger partial charge on any atom is -0.497 e. The number of piperazine rings is 1. The molecule has 0 radical (unpaired) electrons. The Labute approximate surface area is 332 Å². The molecule has 12 nitrogen and oxygen atoms in total. The Kier molecular flexibility index (Phi) is 11.6. The molecule has 1 aliphatic heterocycles. The smallest absolute Gasteiger partial charge is 0.410 e. The number of rotatable bonds is 9. The van der Waals surface area contributed by atoms with Crippen LogP contribution in [0.1, 0.15) is 91.1 Å². The van der Waals surface area contributed by atoms with Crippen LogP contribution in [0.4, 0.5) is 21.0 Å². The molecule has 2 atom stereocenters. The van der Waals surface area contributed by atoms with Crippen molar-refractivity contribution in [1.82, 2.24) is 29.4 Å². The number of carbonyl (C=O) groups is 1. The van der Waals surface area contributed by atoms with Crippen molar-refractivity contribution in [3.63, 3.8) is 0 Å². The third-order valence-electron chi connectivity index (χ3n) is 9.68. The average Bonchev–Trinajstić information content (AvgIpc) is 3.14. The highest BCUT2D eigenvalue weighted by Gasteiger charge is 2.37. The zero-order valence-corrected chi connectivity index (χ0v) is 34.4. The summed E-state index contributed by atoms with van der Waals surface area (Å²) in [5.74, 6) is 0.701. The molecule has 56 heavy (non-hydrogen) atoms. The van der Waals surface area contributed by atoms with Crippen molar-refractivity contribution in [2.45, 2.75) is 98.4 Å². The topological polar surface area (TPSA) is 128 Å². The van der Waals surface area contributed by atoms with Gasteiger partial charge in [0.1, 0.15) is 23.0 Å². The molecule has 14 heteroatoms. The molecule has 5 aromatic rings. The van der Waals surface area contributed by atoms with E-state index in [-0.39, 0.29) is 45.8 Å². The molecular weight excluding hydrogens is 735 g/mol. The lowest BCUT2D eigenvalue weighted by Gasteiger charge is -2.44. The SMILES string of the molecule is COc1ccc(CNc2nc(C(C)C)c(-n3c(=O)nc(N4C[C@@H](C)N(C(=O)OC(C)(C)C)C[C@@H]4C)c4cc(Cl)c(-c5ccccc5F)nc43)c(C(C)C)n2)cc1. The van der Waals surface area contributed by atoms with E-state index in [1.165, 1.54) is 10.6 Å². The number of methoxy groups -OCH3 is 1. The number of nitrogens with one attached hydrogen (secondary N) is 1. The first-order valence-corrected chi connectivity index (χ1v) is 19.3. The van der Waals surface area contributed by atoms with E-state index in [4.69, 9.17) is 41.0 Å². The number of carbonyl (C=O) groups excluding carboxylic acids is 1. The summed E-state index contributed by atoms with van der Waals surface area (Å²) in [5.41, 5.74) is 2.01. The molecule has 4 heterocycles. The highest BCUT2D eigenvalue weighted by atomic mass is 35.5. The van der Waals surface area contributed by atoms with Crippen LogP contribution in [0.15, 0.2) is 59.4 Å². The number of hydrogen-bond donors (Lipinski definition) is 1. The van der Waals surface area contributed by atoms with Crippen LogP contribution in [0, 0.1) is 5.82 Å². The number of fused-ring (bicyclic) bond motifs is 1. The Morgan fingerprint density at radius 1 is 0.946 bits per heavy atom. The monoisotopic (exact) mass is 784 g/mol. The fourth-order valence-electron chi connectivity index (χ4n) is 6.89. The largest absolute Gasteiger partial charge is 0.497 e. The Bertz CT molecular complexity index is 2280. The van der Waals surface area contributed by atoms with Crippen molar-refractivity contribution >= 4 is 40.5 Å². The second-order valence-corrected chi connectivity index (χ2v) is 16.3. The fourth-order valence-corrected chi connectivity index (χ4v) is 7.15. The van der Waals surface area contributed by atoms with Gasteiger partial charge in [0.05, 0.1) is 40.3 Å². The van der Waals surface area contributed by atoms with Crippen LogP contribution in [-0.4, -0.2) is 73.4 Å². The predicted octanol–water partition coefficient (Wildman–Crippen LogP) is 8.73. The number of hydrogen-bond acceptors (Lipinski definition) is 10. The van der Waals surface area contributed by atoms with Crippen molar-refractivity contribution in [2.75, 3.05) is 30.4 Å². The molecule has 1 saturated heterocycles. The maximum absolute atomic E-state index is 15.4. The number of benzene rings is 2. The summed E-state index contributed by atoms with van der Waals surface area (Å²) >= 11 is 6.96. The molecule has 1 N–H and O–H groups in total. The Morgan fingerprint density at radius 3 is 2.18 bits per heavy atom.